The van der Waals surface area contributed by atoms with Crippen molar-refractivity contribution in [2.75, 3.05) is 4.90 Å². The van der Waals surface area contributed by atoms with E-state index in [4.69, 9.17) is 4.42 Å². The summed E-state index contributed by atoms with van der Waals surface area (Å²) in [4.78, 5) is 2.52. The van der Waals surface area contributed by atoms with Gasteiger partial charge in [-0.2, -0.15) is 0 Å². The second-order valence-corrected chi connectivity index (χ2v) is 21.7. The average Bonchev–Trinajstić information content (AvgIpc) is 3.95. The van der Waals surface area contributed by atoms with Gasteiger partial charge in [-0.15, -0.1) is 0 Å². The molecule has 1 aromatic heterocycles. The van der Waals surface area contributed by atoms with Gasteiger partial charge in [-0.05, 0) is 126 Å². The van der Waals surface area contributed by atoms with Gasteiger partial charge in [0.2, 0.25) is 0 Å². The van der Waals surface area contributed by atoms with E-state index in [2.05, 4.69) is 260 Å². The number of rotatable bonds is 6. The lowest BCUT2D eigenvalue weighted by Gasteiger charge is -2.36. The smallest absolute Gasteiger partial charge is 0.139 e. The number of furan rings is 1. The third kappa shape index (κ3) is 6.16. The molecule has 1 heterocycles. The van der Waals surface area contributed by atoms with Crippen molar-refractivity contribution in [1.29, 1.82) is 0 Å². The van der Waals surface area contributed by atoms with Crippen LogP contribution in [0.4, 0.5) is 17.1 Å². The molecule has 2 nitrogen and oxygen atoms in total. The van der Waals surface area contributed by atoms with Crippen molar-refractivity contribution in [3.8, 4) is 33.4 Å². The van der Waals surface area contributed by atoms with E-state index < -0.39 is 5.41 Å². The summed E-state index contributed by atoms with van der Waals surface area (Å²) in [6.07, 6.45) is 0. The fourth-order valence-electron chi connectivity index (χ4n) is 11.9. The van der Waals surface area contributed by atoms with Gasteiger partial charge in [0.05, 0.1) is 11.1 Å². The van der Waals surface area contributed by atoms with Crippen molar-refractivity contribution in [2.24, 2.45) is 0 Å². The van der Waals surface area contributed by atoms with E-state index in [9.17, 15) is 0 Å². The maximum atomic E-state index is 7.00. The van der Waals surface area contributed by atoms with Crippen LogP contribution in [0.3, 0.4) is 0 Å². The van der Waals surface area contributed by atoms with E-state index in [1.165, 1.54) is 94.3 Å². The quantitative estimate of drug-likeness (QED) is 0.165. The summed E-state index contributed by atoms with van der Waals surface area (Å²) in [5.41, 5.74) is 22.1. The van der Waals surface area contributed by atoms with Crippen molar-refractivity contribution in [2.45, 2.75) is 77.0 Å². The largest absolute Gasteiger partial charge is 0.456 e. The van der Waals surface area contributed by atoms with Crippen LogP contribution in [0, 0.1) is 0 Å². The molecule has 68 heavy (non-hydrogen) atoms. The molecule has 0 saturated carbocycles. The van der Waals surface area contributed by atoms with Gasteiger partial charge < -0.3 is 9.32 Å². The van der Waals surface area contributed by atoms with Crippen LogP contribution in [0.25, 0.3) is 55.3 Å². The van der Waals surface area contributed by atoms with Crippen LogP contribution >= 0.6 is 0 Å². The van der Waals surface area contributed by atoms with Gasteiger partial charge >= 0.3 is 0 Å². The molecule has 2 heteroatoms. The van der Waals surface area contributed by atoms with Crippen LogP contribution in [-0.2, 0) is 21.7 Å². The maximum Gasteiger partial charge on any atom is 0.139 e. The number of anilines is 3. The predicted molar refractivity (Wildman–Crippen MR) is 286 cm³/mol. The molecule has 332 valence electrons. The molecule has 0 spiro atoms. The molecule has 10 aromatic rings. The van der Waals surface area contributed by atoms with Crippen molar-refractivity contribution in [1.82, 2.24) is 0 Å². The minimum absolute atomic E-state index is 0.0348. The summed E-state index contributed by atoms with van der Waals surface area (Å²) in [5.74, 6) is 0. The van der Waals surface area contributed by atoms with E-state index >= 15 is 0 Å². The number of benzene rings is 9. The summed E-state index contributed by atoms with van der Waals surface area (Å²) in [7, 11) is 0. The third-order valence-electron chi connectivity index (χ3n) is 15.2. The Hall–Kier alpha value is -7.42. The molecule has 0 fully saturated rings. The molecule has 0 radical (unpaired) electrons. The number of fused-ring (bicyclic) bond motifs is 10. The topological polar surface area (TPSA) is 16.4 Å². The summed E-state index contributed by atoms with van der Waals surface area (Å²) < 4.78 is 7.00. The van der Waals surface area contributed by atoms with Crippen LogP contribution in [0.15, 0.2) is 205 Å². The Morgan fingerprint density at radius 3 is 1.71 bits per heavy atom. The van der Waals surface area contributed by atoms with Crippen LogP contribution in [0.5, 0.6) is 0 Å². The Labute approximate surface area is 401 Å². The Morgan fingerprint density at radius 1 is 0.456 bits per heavy atom. The van der Waals surface area contributed by atoms with Crippen LogP contribution in [0.1, 0.15) is 99.9 Å². The van der Waals surface area contributed by atoms with Crippen LogP contribution < -0.4 is 4.90 Å². The SMILES string of the molecule is CC(C)(C)c1cc(C(C)(C)C)c2oc3ccc4c(c3c2c1)-c1cccc(N(c2ccc(-c3ccccc3)cc2)c2cccc(C3(c5ccccc5)c5ccccc5-c5ccccc53)c2)c1C4(C)C. The van der Waals surface area contributed by atoms with E-state index in [-0.39, 0.29) is 16.2 Å². The van der Waals surface area contributed by atoms with Gasteiger partial charge in [0.15, 0.2) is 0 Å². The zero-order valence-electron chi connectivity index (χ0n) is 40.4. The molecule has 9 aromatic carbocycles. The lowest BCUT2D eigenvalue weighted by molar-refractivity contribution is 0.559. The van der Waals surface area contributed by atoms with Crippen LogP contribution in [-0.4, -0.2) is 0 Å². The molecular weight excluding hydrogens is 823 g/mol. The highest BCUT2D eigenvalue weighted by molar-refractivity contribution is 6.16. The average molecular weight is 880 g/mol. The molecule has 12 rings (SSSR count). The molecule has 2 aliphatic carbocycles. The maximum absolute atomic E-state index is 7.00. The minimum Gasteiger partial charge on any atom is -0.456 e. The molecule has 0 atom stereocenters. The van der Waals surface area contributed by atoms with Gasteiger partial charge in [-0.25, -0.2) is 0 Å². The van der Waals surface area contributed by atoms with Crippen molar-refractivity contribution >= 4 is 39.0 Å². The zero-order chi connectivity index (χ0) is 46.7. The molecule has 0 unspecified atom stereocenters. The fraction of sp³-hybridized carbons (Fsp3) is 0.182. The molecular formula is C66H57NO. The normalized spacial score (nSPS) is 14.4. The summed E-state index contributed by atoms with van der Waals surface area (Å²) in [6, 6.07) is 74.7. The van der Waals surface area contributed by atoms with Gasteiger partial charge in [-0.3, -0.25) is 0 Å². The summed E-state index contributed by atoms with van der Waals surface area (Å²) >= 11 is 0. The second kappa shape index (κ2) is 15.0. The van der Waals surface area contributed by atoms with Gasteiger partial charge in [0, 0.05) is 33.1 Å². The van der Waals surface area contributed by atoms with E-state index in [0.29, 0.717) is 0 Å². The first kappa shape index (κ1) is 42.0. The molecule has 0 aliphatic heterocycles. The van der Waals surface area contributed by atoms with Crippen molar-refractivity contribution < 1.29 is 4.42 Å². The summed E-state index contributed by atoms with van der Waals surface area (Å²) in [5, 5.41) is 2.41. The first-order chi connectivity index (χ1) is 32.8. The second-order valence-electron chi connectivity index (χ2n) is 21.7. The van der Waals surface area contributed by atoms with Crippen molar-refractivity contribution in [3.63, 3.8) is 0 Å². The molecule has 0 bridgehead atoms. The number of nitrogens with zero attached hydrogens (tertiary/aromatic N) is 1. The Bertz CT molecular complexity index is 3550. The Kier molecular flexibility index (Phi) is 9.29. The monoisotopic (exact) mass is 879 g/mol. The zero-order valence-corrected chi connectivity index (χ0v) is 40.4. The highest BCUT2D eigenvalue weighted by atomic mass is 16.3. The number of hydrogen-bond donors (Lipinski definition) is 0. The highest BCUT2D eigenvalue weighted by Gasteiger charge is 2.47. The van der Waals surface area contributed by atoms with E-state index in [1.54, 1.807) is 0 Å². The van der Waals surface area contributed by atoms with Crippen molar-refractivity contribution in [3.05, 3.63) is 245 Å². The first-order valence-electron chi connectivity index (χ1n) is 24.3. The molecule has 0 saturated heterocycles. The predicted octanol–water partition coefficient (Wildman–Crippen LogP) is 18.0. The van der Waals surface area contributed by atoms with Crippen LogP contribution in [0.2, 0.25) is 0 Å². The number of hydrogen-bond acceptors (Lipinski definition) is 2. The minimum atomic E-state index is -0.535. The van der Waals surface area contributed by atoms with Gasteiger partial charge in [0.25, 0.3) is 0 Å². The lowest BCUT2D eigenvalue weighted by Crippen LogP contribution is -2.29. The molecule has 2 aliphatic rings. The highest BCUT2D eigenvalue weighted by Crippen LogP contribution is 2.60. The van der Waals surface area contributed by atoms with E-state index in [0.717, 1.165) is 22.5 Å². The Balaban J connectivity index is 1.12. The first-order valence-corrected chi connectivity index (χ1v) is 24.3. The molecule has 0 N–H and O–H groups in total. The standard InChI is InChI=1S/C66H57NO/c1-63(2,3)46-40-52-60-58(68-62(52)56(41-46)64(4,5)6)38-37-55-59(60)51-29-20-32-57(61(51)65(55,7)8)67(47-35-33-43(34-36-47)42-21-11-9-12-22-42)48-26-19-25-45(39-48)66(44-23-13-10-14-24-44)53-30-17-15-27-49(53)50-28-16-18-31-54(50)66/h9-41H,1-8H3. The molecule has 0 amide bonds. The van der Waals surface area contributed by atoms with E-state index in [1.807, 2.05) is 0 Å². The Morgan fingerprint density at radius 2 is 1.04 bits per heavy atom. The van der Waals surface area contributed by atoms with Gasteiger partial charge in [-0.1, -0.05) is 213 Å². The lowest BCUT2D eigenvalue weighted by atomic mass is 9.67. The summed E-state index contributed by atoms with van der Waals surface area (Å²) in [6.45, 7) is 18.7. The third-order valence-corrected chi connectivity index (χ3v) is 15.2. The fourth-order valence-corrected chi connectivity index (χ4v) is 11.9. The van der Waals surface area contributed by atoms with Gasteiger partial charge in [0.1, 0.15) is 11.2 Å².